The summed E-state index contributed by atoms with van der Waals surface area (Å²) in [6.07, 6.45) is 3.22. The number of aryl methyl sites for hydroxylation is 1. The summed E-state index contributed by atoms with van der Waals surface area (Å²) in [5.41, 5.74) is 1.12. The van der Waals surface area contributed by atoms with Crippen molar-refractivity contribution in [1.82, 2.24) is 9.80 Å². The maximum Gasteiger partial charge on any atom is 0.161 e. The number of methoxy groups -OCH3 is 1. The molecule has 160 valence electrons. The summed E-state index contributed by atoms with van der Waals surface area (Å²) < 4.78 is 17.0. The Kier molecular flexibility index (Phi) is 7.98. The monoisotopic (exact) mass is 402 g/mol. The Morgan fingerprint density at radius 2 is 1.90 bits per heavy atom. The highest BCUT2D eigenvalue weighted by Gasteiger charge is 2.16. The number of likely N-dealkylation sites (tertiary alicyclic amines) is 1. The molecule has 0 spiro atoms. The van der Waals surface area contributed by atoms with E-state index in [2.05, 4.69) is 16.8 Å². The number of nitrogens with zero attached hydrogens (tertiary/aromatic N) is 2. The molecule has 1 atom stereocenters. The minimum atomic E-state index is -0.508. The normalized spacial score (nSPS) is 16.2. The number of hydrogen-bond acceptors (Lipinski definition) is 6. The third-order valence-electron chi connectivity index (χ3n) is 5.25. The number of rotatable bonds is 10. The molecule has 6 nitrogen and oxygen atoms in total. The zero-order valence-corrected chi connectivity index (χ0v) is 17.9. The van der Waals surface area contributed by atoms with E-state index in [9.17, 15) is 5.11 Å². The van der Waals surface area contributed by atoms with E-state index in [0.717, 1.165) is 43.3 Å². The summed E-state index contributed by atoms with van der Waals surface area (Å²) in [6.45, 7) is 6.51. The molecule has 0 aliphatic carbocycles. The van der Waals surface area contributed by atoms with E-state index in [1.807, 2.05) is 37.3 Å². The van der Waals surface area contributed by atoms with Gasteiger partial charge in [0.2, 0.25) is 0 Å². The Bertz CT molecular complexity index is 755. The zero-order chi connectivity index (χ0) is 20.6. The van der Waals surface area contributed by atoms with Gasteiger partial charge in [0.05, 0.1) is 13.7 Å². The molecule has 1 aliphatic rings. The molecule has 0 bridgehead atoms. The molecule has 0 radical (unpaired) electrons. The van der Waals surface area contributed by atoms with Crippen LogP contribution in [0.2, 0.25) is 0 Å². The lowest BCUT2D eigenvalue weighted by molar-refractivity contribution is 0.0608. The summed E-state index contributed by atoms with van der Waals surface area (Å²) in [5, 5.41) is 10.4. The highest BCUT2D eigenvalue weighted by atomic mass is 16.5. The molecule has 1 aliphatic heterocycles. The molecule has 1 aromatic carbocycles. The lowest BCUT2D eigenvalue weighted by atomic mass is 10.1. The maximum absolute atomic E-state index is 10.4. The van der Waals surface area contributed by atoms with Crippen molar-refractivity contribution < 1.29 is 19.0 Å². The van der Waals surface area contributed by atoms with Crippen LogP contribution in [0.4, 0.5) is 0 Å². The summed E-state index contributed by atoms with van der Waals surface area (Å²) in [4.78, 5) is 4.51. The van der Waals surface area contributed by atoms with Crippen LogP contribution >= 0.6 is 0 Å². The van der Waals surface area contributed by atoms with Crippen LogP contribution in [0.1, 0.15) is 36.3 Å². The molecule has 0 amide bonds. The number of piperidine rings is 1. The molecule has 2 aromatic rings. The van der Waals surface area contributed by atoms with Gasteiger partial charge in [0.1, 0.15) is 24.2 Å². The number of hydrogen-bond donors (Lipinski definition) is 1. The fourth-order valence-electron chi connectivity index (χ4n) is 3.81. The zero-order valence-electron chi connectivity index (χ0n) is 17.9. The quantitative estimate of drug-likeness (QED) is 0.657. The SMILES string of the molecule is COc1ccc(CN(C)Cc2ccc(C)o2)cc1OC[C@@H](O)CN1CCCCC1. The minimum Gasteiger partial charge on any atom is -0.493 e. The van der Waals surface area contributed by atoms with E-state index in [4.69, 9.17) is 13.9 Å². The van der Waals surface area contributed by atoms with Gasteiger partial charge in [-0.25, -0.2) is 0 Å². The van der Waals surface area contributed by atoms with Crippen molar-refractivity contribution in [3.8, 4) is 11.5 Å². The number of aliphatic hydroxyl groups is 1. The van der Waals surface area contributed by atoms with E-state index in [-0.39, 0.29) is 6.61 Å². The molecule has 2 heterocycles. The van der Waals surface area contributed by atoms with Gasteiger partial charge in [-0.3, -0.25) is 4.90 Å². The van der Waals surface area contributed by atoms with Gasteiger partial charge < -0.3 is 23.9 Å². The number of ether oxygens (including phenoxy) is 2. The third kappa shape index (κ3) is 6.77. The Hall–Kier alpha value is -2.02. The summed E-state index contributed by atoms with van der Waals surface area (Å²) >= 11 is 0. The van der Waals surface area contributed by atoms with Gasteiger partial charge in [-0.05, 0) is 69.7 Å². The van der Waals surface area contributed by atoms with E-state index >= 15 is 0 Å². The van der Waals surface area contributed by atoms with Crippen molar-refractivity contribution in [2.24, 2.45) is 0 Å². The first-order valence-corrected chi connectivity index (χ1v) is 10.5. The van der Waals surface area contributed by atoms with Crippen molar-refractivity contribution in [2.45, 2.75) is 45.4 Å². The molecular weight excluding hydrogens is 368 g/mol. The number of aliphatic hydroxyl groups excluding tert-OH is 1. The van der Waals surface area contributed by atoms with E-state index < -0.39 is 6.10 Å². The van der Waals surface area contributed by atoms with Gasteiger partial charge in [-0.15, -0.1) is 0 Å². The van der Waals surface area contributed by atoms with Gasteiger partial charge in [-0.1, -0.05) is 12.5 Å². The van der Waals surface area contributed by atoms with Crippen LogP contribution in [-0.4, -0.2) is 61.4 Å². The van der Waals surface area contributed by atoms with Crippen LogP contribution in [0.15, 0.2) is 34.7 Å². The number of furan rings is 1. The third-order valence-corrected chi connectivity index (χ3v) is 5.25. The van der Waals surface area contributed by atoms with Crippen LogP contribution in [-0.2, 0) is 13.1 Å². The van der Waals surface area contributed by atoms with Crippen LogP contribution in [0.25, 0.3) is 0 Å². The Labute approximate surface area is 174 Å². The molecule has 1 saturated heterocycles. The molecule has 0 saturated carbocycles. The molecule has 0 unspecified atom stereocenters. The maximum atomic E-state index is 10.4. The second-order valence-electron chi connectivity index (χ2n) is 8.00. The number of benzene rings is 1. The van der Waals surface area contributed by atoms with E-state index in [1.165, 1.54) is 19.3 Å². The molecule has 1 fully saturated rings. The average molecular weight is 403 g/mol. The Morgan fingerprint density at radius 1 is 1.10 bits per heavy atom. The molecule has 3 rings (SSSR count). The van der Waals surface area contributed by atoms with Crippen molar-refractivity contribution in [3.63, 3.8) is 0 Å². The second-order valence-corrected chi connectivity index (χ2v) is 8.00. The second kappa shape index (κ2) is 10.7. The van der Waals surface area contributed by atoms with Crippen LogP contribution in [0.3, 0.4) is 0 Å². The first-order chi connectivity index (χ1) is 14.0. The van der Waals surface area contributed by atoms with Crippen LogP contribution in [0.5, 0.6) is 11.5 Å². The summed E-state index contributed by atoms with van der Waals surface area (Å²) in [5.74, 6) is 3.24. The molecule has 6 heteroatoms. The first kappa shape index (κ1) is 21.7. The molecular formula is C23H34N2O4. The van der Waals surface area contributed by atoms with E-state index in [1.54, 1.807) is 7.11 Å². The standard InChI is InChI=1S/C23H34N2O4/c1-18-7-9-21(29-18)16-24(2)14-19-8-10-22(27-3)23(13-19)28-17-20(26)15-25-11-5-4-6-12-25/h7-10,13,20,26H,4-6,11-12,14-17H2,1-3H3/t20-/m0/s1. The van der Waals surface area contributed by atoms with Crippen molar-refractivity contribution >= 4 is 0 Å². The molecule has 29 heavy (non-hydrogen) atoms. The van der Waals surface area contributed by atoms with Crippen LogP contribution in [0, 0.1) is 6.92 Å². The molecule has 1 N–H and O–H groups in total. The highest BCUT2D eigenvalue weighted by Crippen LogP contribution is 2.29. The van der Waals surface area contributed by atoms with Crippen molar-refractivity contribution in [1.29, 1.82) is 0 Å². The minimum absolute atomic E-state index is 0.262. The summed E-state index contributed by atoms with van der Waals surface area (Å²) in [6, 6.07) is 9.96. The fourth-order valence-corrected chi connectivity index (χ4v) is 3.81. The van der Waals surface area contributed by atoms with Gasteiger partial charge in [-0.2, -0.15) is 0 Å². The topological polar surface area (TPSA) is 58.3 Å². The van der Waals surface area contributed by atoms with Gasteiger partial charge >= 0.3 is 0 Å². The lowest BCUT2D eigenvalue weighted by Crippen LogP contribution is -2.38. The predicted molar refractivity (Wildman–Crippen MR) is 113 cm³/mol. The summed E-state index contributed by atoms with van der Waals surface area (Å²) in [7, 11) is 3.70. The average Bonchev–Trinajstić information content (AvgIpc) is 3.11. The smallest absolute Gasteiger partial charge is 0.161 e. The van der Waals surface area contributed by atoms with Gasteiger partial charge in [0.25, 0.3) is 0 Å². The van der Waals surface area contributed by atoms with Gasteiger partial charge in [0.15, 0.2) is 11.5 Å². The largest absolute Gasteiger partial charge is 0.493 e. The Morgan fingerprint density at radius 3 is 2.59 bits per heavy atom. The van der Waals surface area contributed by atoms with Crippen molar-refractivity contribution in [2.75, 3.05) is 40.4 Å². The highest BCUT2D eigenvalue weighted by molar-refractivity contribution is 5.43. The number of β-amino-alcohol motifs (C(OH)–C–C–N with tert-alkyl or cyclic N) is 1. The van der Waals surface area contributed by atoms with Gasteiger partial charge in [0, 0.05) is 13.1 Å². The lowest BCUT2D eigenvalue weighted by Gasteiger charge is -2.28. The van der Waals surface area contributed by atoms with E-state index in [0.29, 0.717) is 18.0 Å². The first-order valence-electron chi connectivity index (χ1n) is 10.5. The van der Waals surface area contributed by atoms with Crippen LogP contribution < -0.4 is 9.47 Å². The Balaban J connectivity index is 1.54. The van der Waals surface area contributed by atoms with Crippen molar-refractivity contribution in [3.05, 3.63) is 47.4 Å². The fraction of sp³-hybridized carbons (Fsp3) is 0.565. The predicted octanol–water partition coefficient (Wildman–Crippen LogP) is 3.45. The molecule has 1 aromatic heterocycles.